The number of nitrogens with zero attached hydrogens (tertiary/aromatic N) is 1. The molecule has 3 N–H and O–H groups in total. The van der Waals surface area contributed by atoms with Crippen LogP contribution in [0.2, 0.25) is 0 Å². The maximum Gasteiger partial charge on any atom is 0.0924 e. The van der Waals surface area contributed by atoms with Crippen LogP contribution in [0.15, 0.2) is 30.3 Å². The Hall–Kier alpha value is -1.35. The molecule has 0 amide bonds. The van der Waals surface area contributed by atoms with Crippen molar-refractivity contribution in [3.63, 3.8) is 0 Å². The topological polar surface area (TPSA) is 53.1 Å². The highest BCUT2D eigenvalue weighted by molar-refractivity contribution is 5.77. The molecule has 0 aliphatic heterocycles. The number of hydrogen-bond donors (Lipinski definition) is 2. The first-order valence-electron chi connectivity index (χ1n) is 6.82. The molecule has 1 unspecified atom stereocenters. The third kappa shape index (κ3) is 3.57. The Morgan fingerprint density at radius 3 is 2.56 bits per heavy atom. The fourth-order valence-corrected chi connectivity index (χ4v) is 2.45. The fraction of sp³-hybridized carbons (Fsp3) is 0.533. The molecule has 3 nitrogen and oxygen atoms in total. The lowest BCUT2D eigenvalue weighted by atomic mass is 10.0. The molecule has 1 saturated carbocycles. The number of rotatable bonds is 7. The average Bonchev–Trinajstić information content (AvgIpc) is 3.18. The zero-order valence-electron chi connectivity index (χ0n) is 11.1. The predicted molar refractivity (Wildman–Crippen MR) is 75.7 cm³/mol. The number of amidine groups is 1. The molecule has 0 aromatic heterocycles. The maximum absolute atomic E-state index is 7.59. The molecule has 1 aromatic rings. The Balaban J connectivity index is 2.14. The quantitative estimate of drug-likeness (QED) is 0.573. The van der Waals surface area contributed by atoms with Crippen LogP contribution in [-0.4, -0.2) is 23.8 Å². The molecule has 98 valence electrons. The molecule has 18 heavy (non-hydrogen) atoms. The first-order chi connectivity index (χ1) is 8.70. The molecular formula is C15H23N3. The van der Waals surface area contributed by atoms with E-state index >= 15 is 0 Å². The van der Waals surface area contributed by atoms with Gasteiger partial charge < -0.3 is 5.73 Å². The summed E-state index contributed by atoms with van der Waals surface area (Å²) in [7, 11) is 0. The highest BCUT2D eigenvalue weighted by Gasteiger charge is 2.28. The van der Waals surface area contributed by atoms with Crippen molar-refractivity contribution in [1.29, 1.82) is 5.41 Å². The molecular weight excluding hydrogens is 222 g/mol. The Bertz CT molecular complexity index is 384. The van der Waals surface area contributed by atoms with Crippen molar-refractivity contribution in [2.45, 2.75) is 32.2 Å². The normalized spacial score (nSPS) is 16.8. The lowest BCUT2D eigenvalue weighted by Crippen LogP contribution is -2.33. The molecule has 3 heteroatoms. The molecule has 0 spiro atoms. The van der Waals surface area contributed by atoms with Crippen molar-refractivity contribution >= 4 is 5.84 Å². The van der Waals surface area contributed by atoms with E-state index in [1.807, 2.05) is 6.07 Å². The Labute approximate surface area is 109 Å². The van der Waals surface area contributed by atoms with Gasteiger partial charge in [-0.1, -0.05) is 37.3 Å². The molecule has 1 aromatic carbocycles. The summed E-state index contributed by atoms with van der Waals surface area (Å²) in [5, 5.41) is 7.59. The molecule has 1 aliphatic rings. The van der Waals surface area contributed by atoms with Crippen LogP contribution in [-0.2, 0) is 0 Å². The predicted octanol–water partition coefficient (Wildman–Crippen LogP) is 2.79. The molecule has 0 bridgehead atoms. The second kappa shape index (κ2) is 6.01. The van der Waals surface area contributed by atoms with Gasteiger partial charge in [-0.3, -0.25) is 10.3 Å². The number of nitrogens with one attached hydrogen (secondary N) is 1. The van der Waals surface area contributed by atoms with E-state index < -0.39 is 0 Å². The second-order valence-corrected chi connectivity index (χ2v) is 5.19. The van der Waals surface area contributed by atoms with Crippen LogP contribution in [0.5, 0.6) is 0 Å². The standard InChI is InChI=1S/C15H23N3/c1-2-18(11-12-8-9-12)14(10-15(16)17)13-6-4-3-5-7-13/h3-7,12,14H,2,8-11H2,1H3,(H3,16,17). The van der Waals surface area contributed by atoms with Crippen molar-refractivity contribution in [3.8, 4) is 0 Å². The van der Waals surface area contributed by atoms with Crippen molar-refractivity contribution in [2.24, 2.45) is 11.7 Å². The monoisotopic (exact) mass is 245 g/mol. The second-order valence-electron chi connectivity index (χ2n) is 5.19. The van der Waals surface area contributed by atoms with Crippen molar-refractivity contribution < 1.29 is 0 Å². The summed E-state index contributed by atoms with van der Waals surface area (Å²) in [4.78, 5) is 2.47. The van der Waals surface area contributed by atoms with Gasteiger partial charge in [-0.2, -0.15) is 0 Å². The van der Waals surface area contributed by atoms with E-state index in [9.17, 15) is 0 Å². The zero-order chi connectivity index (χ0) is 13.0. The van der Waals surface area contributed by atoms with Crippen LogP contribution in [0.1, 0.15) is 37.8 Å². The zero-order valence-corrected chi connectivity index (χ0v) is 11.1. The lowest BCUT2D eigenvalue weighted by molar-refractivity contribution is 0.203. The molecule has 0 radical (unpaired) electrons. The van der Waals surface area contributed by atoms with Gasteiger partial charge in [-0.25, -0.2) is 0 Å². The van der Waals surface area contributed by atoms with E-state index in [0.717, 1.165) is 19.0 Å². The van der Waals surface area contributed by atoms with Crippen molar-refractivity contribution in [2.75, 3.05) is 13.1 Å². The highest BCUT2D eigenvalue weighted by Crippen LogP contribution is 2.33. The van der Waals surface area contributed by atoms with E-state index in [4.69, 9.17) is 11.1 Å². The van der Waals surface area contributed by atoms with Gasteiger partial charge in [-0.15, -0.1) is 0 Å². The summed E-state index contributed by atoms with van der Waals surface area (Å²) in [6.07, 6.45) is 3.35. The van der Waals surface area contributed by atoms with Crippen LogP contribution in [0.4, 0.5) is 0 Å². The fourth-order valence-electron chi connectivity index (χ4n) is 2.45. The van der Waals surface area contributed by atoms with Gasteiger partial charge in [0.05, 0.1) is 5.84 Å². The first kappa shape index (κ1) is 13.1. The Morgan fingerprint density at radius 2 is 2.06 bits per heavy atom. The van der Waals surface area contributed by atoms with E-state index in [0.29, 0.717) is 6.42 Å². The summed E-state index contributed by atoms with van der Waals surface area (Å²) in [5.41, 5.74) is 6.90. The van der Waals surface area contributed by atoms with Gasteiger partial charge in [0.2, 0.25) is 0 Å². The van der Waals surface area contributed by atoms with Gasteiger partial charge in [0, 0.05) is 19.0 Å². The molecule has 1 fully saturated rings. The molecule has 1 atom stereocenters. The van der Waals surface area contributed by atoms with E-state index in [1.165, 1.54) is 18.4 Å². The van der Waals surface area contributed by atoms with Crippen LogP contribution in [0, 0.1) is 11.3 Å². The molecule has 0 saturated heterocycles. The summed E-state index contributed by atoms with van der Waals surface area (Å²) in [6, 6.07) is 10.7. The van der Waals surface area contributed by atoms with Crippen molar-refractivity contribution in [1.82, 2.24) is 4.90 Å². The number of benzene rings is 1. The number of hydrogen-bond acceptors (Lipinski definition) is 2. The Morgan fingerprint density at radius 1 is 1.39 bits per heavy atom. The SMILES string of the molecule is CCN(CC1CC1)C(CC(=N)N)c1ccccc1. The van der Waals surface area contributed by atoms with Crippen LogP contribution < -0.4 is 5.73 Å². The Kier molecular flexibility index (Phi) is 4.37. The maximum atomic E-state index is 7.59. The lowest BCUT2D eigenvalue weighted by Gasteiger charge is -2.31. The summed E-state index contributed by atoms with van der Waals surface area (Å²) < 4.78 is 0. The summed E-state index contributed by atoms with van der Waals surface area (Å²) >= 11 is 0. The van der Waals surface area contributed by atoms with Crippen LogP contribution in [0.3, 0.4) is 0 Å². The largest absolute Gasteiger partial charge is 0.388 e. The van der Waals surface area contributed by atoms with E-state index in [-0.39, 0.29) is 11.9 Å². The molecule has 2 rings (SSSR count). The third-order valence-corrected chi connectivity index (χ3v) is 3.63. The van der Waals surface area contributed by atoms with Gasteiger partial charge >= 0.3 is 0 Å². The van der Waals surface area contributed by atoms with Crippen LogP contribution >= 0.6 is 0 Å². The summed E-state index contributed by atoms with van der Waals surface area (Å²) in [6.45, 7) is 4.35. The van der Waals surface area contributed by atoms with Gasteiger partial charge in [-0.05, 0) is 30.9 Å². The smallest absolute Gasteiger partial charge is 0.0924 e. The van der Waals surface area contributed by atoms with Gasteiger partial charge in [0.25, 0.3) is 0 Å². The van der Waals surface area contributed by atoms with Crippen molar-refractivity contribution in [3.05, 3.63) is 35.9 Å². The van der Waals surface area contributed by atoms with Crippen LogP contribution in [0.25, 0.3) is 0 Å². The van der Waals surface area contributed by atoms with E-state index in [2.05, 4.69) is 36.1 Å². The molecule has 0 heterocycles. The minimum atomic E-state index is 0.259. The van der Waals surface area contributed by atoms with E-state index in [1.54, 1.807) is 0 Å². The minimum absolute atomic E-state index is 0.259. The average molecular weight is 245 g/mol. The third-order valence-electron chi connectivity index (χ3n) is 3.63. The summed E-state index contributed by atoms with van der Waals surface area (Å²) in [5.74, 6) is 1.14. The first-order valence-corrected chi connectivity index (χ1v) is 6.82. The minimum Gasteiger partial charge on any atom is -0.388 e. The number of nitrogens with two attached hydrogens (primary N) is 1. The highest BCUT2D eigenvalue weighted by atomic mass is 15.2. The molecule has 1 aliphatic carbocycles. The van der Waals surface area contributed by atoms with Gasteiger partial charge in [0.15, 0.2) is 0 Å². The van der Waals surface area contributed by atoms with Gasteiger partial charge in [0.1, 0.15) is 0 Å².